The monoisotopic (exact) mass is 721 g/mol. The zero-order chi connectivity index (χ0) is 37.2. The number of phenolic OH excluding ortho intramolecular Hbond substituents is 1. The summed E-state index contributed by atoms with van der Waals surface area (Å²) in [5.41, 5.74) is 5.40. The Kier molecular flexibility index (Phi) is 10.6. The molecule has 2 aliphatic heterocycles. The Labute approximate surface area is 305 Å². The molecule has 6 N–H and O–H groups in total. The minimum Gasteiger partial charge on any atom is -0.508 e. The zero-order valence-electron chi connectivity index (χ0n) is 28.5. The molecule has 0 radical (unpaired) electrons. The summed E-state index contributed by atoms with van der Waals surface area (Å²) in [6.45, 7) is -0.533. The molecule has 2 aliphatic rings. The average molecular weight is 722 g/mol. The van der Waals surface area contributed by atoms with Crippen molar-refractivity contribution in [3.05, 3.63) is 144 Å². The molecule has 5 aromatic rings. The molecule has 2 heterocycles. The number of hydrogen-bond donors (Lipinski definition) is 6. The van der Waals surface area contributed by atoms with Gasteiger partial charge in [-0.1, -0.05) is 91.0 Å². The van der Waals surface area contributed by atoms with Crippen molar-refractivity contribution in [2.75, 3.05) is 11.5 Å². The van der Waals surface area contributed by atoms with E-state index in [9.17, 15) is 39.8 Å². The second kappa shape index (κ2) is 15.5. The topological polar surface area (TPSA) is 160 Å². The van der Waals surface area contributed by atoms with Crippen molar-refractivity contribution in [1.29, 1.82) is 0 Å². The van der Waals surface area contributed by atoms with Crippen LogP contribution in [0.1, 0.15) is 47.8 Å². The number of phenols is 1. The summed E-state index contributed by atoms with van der Waals surface area (Å²) in [5.74, 6) is -0.498. The lowest BCUT2D eigenvalue weighted by Crippen LogP contribution is -2.55. The van der Waals surface area contributed by atoms with Crippen LogP contribution >= 0.6 is 0 Å². The van der Waals surface area contributed by atoms with E-state index in [1.807, 2.05) is 60.7 Å². The van der Waals surface area contributed by atoms with E-state index in [1.165, 1.54) is 29.2 Å². The Bertz CT molecular complexity index is 2010. The van der Waals surface area contributed by atoms with Crippen LogP contribution in [0, 0.1) is 5.82 Å². The summed E-state index contributed by atoms with van der Waals surface area (Å²) in [6, 6.07) is 34.2. The quantitative estimate of drug-likeness (QED) is 0.102. The van der Waals surface area contributed by atoms with Crippen molar-refractivity contribution in [3.8, 4) is 28.0 Å². The summed E-state index contributed by atoms with van der Waals surface area (Å²) < 4.78 is 25.1. The molecule has 2 unspecified atom stereocenters. The van der Waals surface area contributed by atoms with E-state index in [0.29, 0.717) is 33.5 Å². The van der Waals surface area contributed by atoms with Crippen molar-refractivity contribution in [3.63, 3.8) is 0 Å². The van der Waals surface area contributed by atoms with E-state index in [2.05, 4.69) is 0 Å². The van der Waals surface area contributed by atoms with Gasteiger partial charge in [0.25, 0.3) is 0 Å². The second-order valence-corrected chi connectivity index (χ2v) is 13.4. The number of carbonyl (C=O) groups excluding carboxylic acids is 1. The predicted octanol–water partition coefficient (Wildman–Crippen LogP) is 5.96. The first-order chi connectivity index (χ1) is 25.6. The number of halogens is 1. The fraction of sp³-hybridized carbons (Fsp3) is 0.262. The van der Waals surface area contributed by atoms with Crippen molar-refractivity contribution in [2.24, 2.45) is 0 Å². The van der Waals surface area contributed by atoms with Gasteiger partial charge in [-0.25, -0.2) is 9.18 Å². The molecule has 0 aromatic heterocycles. The molecular formula is C42H40FNO9. The number of nitrogens with zero attached hydrogens (tertiary/aromatic N) is 1. The van der Waals surface area contributed by atoms with Crippen LogP contribution in [-0.2, 0) is 9.47 Å². The molecule has 11 heteroatoms. The van der Waals surface area contributed by atoms with Crippen LogP contribution in [0.25, 0.3) is 22.3 Å². The van der Waals surface area contributed by atoms with Crippen LogP contribution in [0.15, 0.2) is 121 Å². The first-order valence-electron chi connectivity index (χ1n) is 17.5. The van der Waals surface area contributed by atoms with Gasteiger partial charge in [0.2, 0.25) is 0 Å². The van der Waals surface area contributed by atoms with Crippen LogP contribution in [0.4, 0.5) is 14.9 Å². The molecule has 0 saturated carbocycles. The Balaban J connectivity index is 1.17. The molecule has 0 spiro atoms. The van der Waals surface area contributed by atoms with Gasteiger partial charge in [-0.3, -0.25) is 4.90 Å². The summed E-state index contributed by atoms with van der Waals surface area (Å²) in [6.07, 6.45) is -8.23. The third-order valence-electron chi connectivity index (χ3n) is 10.1. The van der Waals surface area contributed by atoms with E-state index >= 15 is 0 Å². The van der Waals surface area contributed by atoms with Crippen molar-refractivity contribution in [2.45, 2.75) is 61.6 Å². The lowest BCUT2D eigenvalue weighted by atomic mass is 9.90. The molecule has 0 aliphatic carbocycles. The Morgan fingerprint density at radius 1 is 0.717 bits per heavy atom. The lowest BCUT2D eigenvalue weighted by Gasteiger charge is -2.40. The molecule has 0 bridgehead atoms. The molecule has 7 rings (SSSR count). The highest BCUT2D eigenvalue weighted by atomic mass is 19.1. The zero-order valence-corrected chi connectivity index (χ0v) is 28.5. The number of anilines is 1. The number of carbonyl (C=O) groups is 1. The highest BCUT2D eigenvalue weighted by Crippen LogP contribution is 2.44. The van der Waals surface area contributed by atoms with Crippen molar-refractivity contribution in [1.82, 2.24) is 0 Å². The maximum atomic E-state index is 13.6. The third kappa shape index (κ3) is 7.40. The van der Waals surface area contributed by atoms with Crippen LogP contribution in [0.3, 0.4) is 0 Å². The summed E-state index contributed by atoms with van der Waals surface area (Å²) in [7, 11) is 0. The minimum absolute atomic E-state index is 0.0844. The number of rotatable bonds is 10. The molecule has 1 amide bonds. The molecule has 2 saturated heterocycles. The molecule has 2 fully saturated rings. The predicted molar refractivity (Wildman–Crippen MR) is 194 cm³/mol. The third-order valence-corrected chi connectivity index (χ3v) is 10.1. The maximum absolute atomic E-state index is 13.6. The fourth-order valence-electron chi connectivity index (χ4n) is 7.19. The van der Waals surface area contributed by atoms with Gasteiger partial charge in [0.15, 0.2) is 0 Å². The number of hydrogen-bond acceptors (Lipinski definition) is 9. The number of cyclic esters (lactones) is 1. The fourth-order valence-corrected chi connectivity index (χ4v) is 7.19. The van der Waals surface area contributed by atoms with Gasteiger partial charge < -0.3 is 40.1 Å². The van der Waals surface area contributed by atoms with Gasteiger partial charge in [-0.15, -0.1) is 0 Å². The number of amides is 1. The van der Waals surface area contributed by atoms with Gasteiger partial charge in [0.1, 0.15) is 54.2 Å². The summed E-state index contributed by atoms with van der Waals surface area (Å²) in [4.78, 5) is 15.1. The van der Waals surface area contributed by atoms with Gasteiger partial charge in [0.05, 0.1) is 12.7 Å². The van der Waals surface area contributed by atoms with Gasteiger partial charge in [-0.2, -0.15) is 0 Å². The molecule has 8 atom stereocenters. The van der Waals surface area contributed by atoms with E-state index < -0.39 is 67.3 Å². The second-order valence-electron chi connectivity index (χ2n) is 13.4. The van der Waals surface area contributed by atoms with E-state index in [0.717, 1.165) is 11.1 Å². The molecular weight excluding hydrogens is 681 g/mol. The molecule has 274 valence electrons. The van der Waals surface area contributed by atoms with Gasteiger partial charge >= 0.3 is 6.09 Å². The van der Waals surface area contributed by atoms with Crippen molar-refractivity contribution >= 4 is 11.8 Å². The lowest BCUT2D eigenvalue weighted by molar-refractivity contribution is -0.231. The van der Waals surface area contributed by atoms with Gasteiger partial charge in [-0.05, 0) is 76.6 Å². The average Bonchev–Trinajstić information content (AvgIpc) is 3.52. The Hall–Kier alpha value is -5.14. The number of aliphatic hydroxyl groups is 5. The Morgan fingerprint density at radius 2 is 1.34 bits per heavy atom. The van der Waals surface area contributed by atoms with Crippen LogP contribution in [0.2, 0.25) is 0 Å². The summed E-state index contributed by atoms with van der Waals surface area (Å²) >= 11 is 0. The highest BCUT2D eigenvalue weighted by Gasteiger charge is 2.45. The normalized spacial score (nSPS) is 24.9. The number of benzene rings is 5. The molecule has 5 aromatic carbocycles. The largest absolute Gasteiger partial charge is 0.508 e. The standard InChI is InChI=1S/C42H40FNO9/c43-30-15-10-27(11-16-30)33(46)20-21-35-37(44(42(51)53-35)31-17-12-25(13-18-31)24-4-2-1-3-5-24)32-19-14-29(22-34(32)47)26-6-8-28(9-7-26)41-40(50)39(49)38(48)36(23-45)52-41/h1-19,22,33,35-41,45-50H,20-21,23H2/t33?,35-,36-,37-,38-,39+,40-,41?/m1/s1. The number of aliphatic hydroxyl groups excluding tert-OH is 5. The SMILES string of the molecule is O=C1O[C@H](CCC(O)c2ccc(F)cc2)[C@@H](c2ccc(-c3ccc(C4O[C@H](CO)[C@@H](O)[C@H](O)[C@H]4O)cc3)cc2O)N1c1ccc(-c2ccccc2)cc1. The number of ether oxygens (including phenoxy) is 2. The smallest absolute Gasteiger partial charge is 0.415 e. The van der Waals surface area contributed by atoms with Gasteiger partial charge in [0, 0.05) is 11.3 Å². The number of aromatic hydroxyl groups is 1. The maximum Gasteiger partial charge on any atom is 0.415 e. The molecule has 53 heavy (non-hydrogen) atoms. The summed E-state index contributed by atoms with van der Waals surface area (Å²) in [5, 5.41) is 63.0. The van der Waals surface area contributed by atoms with E-state index in [-0.39, 0.29) is 18.6 Å². The first kappa shape index (κ1) is 36.2. The van der Waals surface area contributed by atoms with E-state index in [1.54, 1.807) is 36.4 Å². The Morgan fingerprint density at radius 3 is 2.00 bits per heavy atom. The van der Waals surface area contributed by atoms with Crippen LogP contribution in [0.5, 0.6) is 5.75 Å². The van der Waals surface area contributed by atoms with Crippen LogP contribution in [-0.4, -0.2) is 73.9 Å². The van der Waals surface area contributed by atoms with E-state index in [4.69, 9.17) is 9.47 Å². The van der Waals surface area contributed by atoms with Crippen molar-refractivity contribution < 1.29 is 49.3 Å². The highest BCUT2D eigenvalue weighted by molar-refractivity contribution is 5.92. The molecule has 10 nitrogen and oxygen atoms in total. The van der Waals surface area contributed by atoms with Crippen LogP contribution < -0.4 is 4.90 Å². The first-order valence-corrected chi connectivity index (χ1v) is 17.5. The minimum atomic E-state index is -1.50.